The summed E-state index contributed by atoms with van der Waals surface area (Å²) in [7, 11) is 1.38. The highest BCUT2D eigenvalue weighted by Crippen LogP contribution is 2.00. The summed E-state index contributed by atoms with van der Waals surface area (Å²) >= 11 is 0. The molecule has 0 saturated heterocycles. The minimum atomic E-state index is 1.21. The Balaban J connectivity index is 2.62. The summed E-state index contributed by atoms with van der Waals surface area (Å²) in [5.41, 5.74) is 0. The average Bonchev–Trinajstić information content (AvgIpc) is 1.81. The predicted octanol–water partition coefficient (Wildman–Crippen LogP) is 1.52. The first-order chi connectivity index (χ1) is 3.91. The van der Waals surface area contributed by atoms with Crippen LogP contribution in [-0.4, -0.2) is 10.2 Å². The summed E-state index contributed by atoms with van der Waals surface area (Å²) in [6, 6.07) is 1.47. The van der Waals surface area contributed by atoms with Gasteiger partial charge in [0.25, 0.3) is 0 Å². The van der Waals surface area contributed by atoms with Gasteiger partial charge in [-0.05, 0) is 12.8 Å². The van der Waals surface area contributed by atoms with E-state index in [1.165, 1.54) is 42.0 Å². The fourth-order valence-electron chi connectivity index (χ4n) is 0.715. The molecule has 8 heavy (non-hydrogen) atoms. The second-order valence-electron chi connectivity index (χ2n) is 2.14. The van der Waals surface area contributed by atoms with E-state index < -0.39 is 0 Å². The molecular formula is C7H16Si. The van der Waals surface area contributed by atoms with Gasteiger partial charge in [0.1, 0.15) is 0 Å². The fourth-order valence-corrected chi connectivity index (χ4v) is 1.22. The maximum absolute atomic E-state index is 3.67. The zero-order valence-electron chi connectivity index (χ0n) is 5.82. The standard InChI is InChI=1S/C7H16Si/c1-2-3-4-5-6-7-8/h2H,1,3-7H2,8H3. The Bertz CT molecular complexity index is 50.3. The summed E-state index contributed by atoms with van der Waals surface area (Å²) in [5.74, 6) is 0. The van der Waals surface area contributed by atoms with Crippen molar-refractivity contribution in [2.75, 3.05) is 0 Å². The van der Waals surface area contributed by atoms with Gasteiger partial charge < -0.3 is 0 Å². The van der Waals surface area contributed by atoms with Crippen molar-refractivity contribution in [2.45, 2.75) is 31.7 Å². The van der Waals surface area contributed by atoms with Crippen molar-refractivity contribution < 1.29 is 0 Å². The van der Waals surface area contributed by atoms with Crippen LogP contribution in [0.15, 0.2) is 12.7 Å². The van der Waals surface area contributed by atoms with Gasteiger partial charge in [0.15, 0.2) is 0 Å². The van der Waals surface area contributed by atoms with E-state index in [4.69, 9.17) is 0 Å². The fraction of sp³-hybridized carbons (Fsp3) is 0.714. The highest BCUT2D eigenvalue weighted by Gasteiger charge is 1.81. The van der Waals surface area contributed by atoms with E-state index in [1.807, 2.05) is 6.08 Å². The first-order valence-electron chi connectivity index (χ1n) is 3.52. The van der Waals surface area contributed by atoms with Crippen molar-refractivity contribution in [1.29, 1.82) is 0 Å². The zero-order valence-corrected chi connectivity index (χ0v) is 7.82. The summed E-state index contributed by atoms with van der Waals surface area (Å²) < 4.78 is 0. The molecule has 0 fully saturated rings. The first kappa shape index (κ1) is 7.96. The van der Waals surface area contributed by atoms with E-state index >= 15 is 0 Å². The lowest BCUT2D eigenvalue weighted by Gasteiger charge is -1.91. The van der Waals surface area contributed by atoms with Crippen molar-refractivity contribution >= 4 is 10.2 Å². The van der Waals surface area contributed by atoms with Gasteiger partial charge in [-0.15, -0.1) is 6.58 Å². The second-order valence-corrected chi connectivity index (χ2v) is 3.14. The van der Waals surface area contributed by atoms with Gasteiger partial charge in [-0.25, -0.2) is 0 Å². The second kappa shape index (κ2) is 6.96. The molecule has 0 aliphatic rings. The van der Waals surface area contributed by atoms with Crippen LogP contribution in [0, 0.1) is 0 Å². The summed E-state index contributed by atoms with van der Waals surface area (Å²) in [4.78, 5) is 0. The molecule has 0 unspecified atom stereocenters. The minimum absolute atomic E-state index is 1.21. The lowest BCUT2D eigenvalue weighted by Crippen LogP contribution is -1.73. The topological polar surface area (TPSA) is 0 Å². The summed E-state index contributed by atoms with van der Waals surface area (Å²) in [6.07, 6.45) is 7.43. The van der Waals surface area contributed by atoms with Crippen molar-refractivity contribution in [3.63, 3.8) is 0 Å². The highest BCUT2D eigenvalue weighted by molar-refractivity contribution is 6.08. The smallest absolute Gasteiger partial charge is 0.00279 e. The zero-order chi connectivity index (χ0) is 6.24. The number of hydrogen-bond acceptors (Lipinski definition) is 0. The van der Waals surface area contributed by atoms with Crippen LogP contribution in [0.3, 0.4) is 0 Å². The van der Waals surface area contributed by atoms with Crippen LogP contribution < -0.4 is 0 Å². The maximum Gasteiger partial charge on any atom is 0.00279 e. The van der Waals surface area contributed by atoms with E-state index in [1.54, 1.807) is 0 Å². The third-order valence-electron chi connectivity index (χ3n) is 1.26. The van der Waals surface area contributed by atoms with Gasteiger partial charge in [-0.1, -0.05) is 25.0 Å². The van der Waals surface area contributed by atoms with Crippen LogP contribution in [0.1, 0.15) is 25.7 Å². The van der Waals surface area contributed by atoms with Crippen molar-refractivity contribution in [3.05, 3.63) is 12.7 Å². The number of rotatable bonds is 5. The number of hydrogen-bond donors (Lipinski definition) is 0. The largest absolute Gasteiger partial charge is 0.103 e. The van der Waals surface area contributed by atoms with E-state index in [0.717, 1.165) is 0 Å². The minimum Gasteiger partial charge on any atom is -0.103 e. The Morgan fingerprint density at radius 2 is 2.00 bits per heavy atom. The molecule has 0 aromatic heterocycles. The molecule has 0 bridgehead atoms. The van der Waals surface area contributed by atoms with Gasteiger partial charge in [-0.3, -0.25) is 0 Å². The van der Waals surface area contributed by atoms with E-state index in [2.05, 4.69) is 6.58 Å². The monoisotopic (exact) mass is 128 g/mol. The SMILES string of the molecule is C=CCCCCC[SiH3]. The lowest BCUT2D eigenvalue weighted by molar-refractivity contribution is 0.729. The average molecular weight is 128 g/mol. The Kier molecular flexibility index (Phi) is 6.92. The van der Waals surface area contributed by atoms with Gasteiger partial charge in [0.2, 0.25) is 0 Å². The van der Waals surface area contributed by atoms with Crippen molar-refractivity contribution in [3.8, 4) is 0 Å². The normalized spacial score (nSPS) is 9.50. The van der Waals surface area contributed by atoms with Gasteiger partial charge in [0.05, 0.1) is 0 Å². The molecule has 1 heteroatoms. The van der Waals surface area contributed by atoms with Gasteiger partial charge in [0, 0.05) is 10.2 Å². The molecule has 0 radical (unpaired) electrons. The Morgan fingerprint density at radius 1 is 1.25 bits per heavy atom. The summed E-state index contributed by atoms with van der Waals surface area (Å²) in [6.45, 7) is 3.67. The molecule has 0 aliphatic carbocycles. The predicted molar refractivity (Wildman–Crippen MR) is 43.4 cm³/mol. The molecule has 0 aliphatic heterocycles. The molecular weight excluding hydrogens is 112 g/mol. The highest BCUT2D eigenvalue weighted by atomic mass is 28.1. The molecule has 0 saturated carbocycles. The van der Waals surface area contributed by atoms with Crippen LogP contribution in [0.4, 0.5) is 0 Å². The van der Waals surface area contributed by atoms with E-state index in [-0.39, 0.29) is 0 Å². The van der Waals surface area contributed by atoms with Crippen molar-refractivity contribution in [1.82, 2.24) is 0 Å². The number of unbranched alkanes of at least 4 members (excludes halogenated alkanes) is 3. The molecule has 48 valence electrons. The first-order valence-corrected chi connectivity index (χ1v) is 4.94. The Hall–Kier alpha value is -0.0431. The Labute approximate surface area is 55.4 Å². The van der Waals surface area contributed by atoms with Crippen LogP contribution >= 0.6 is 0 Å². The van der Waals surface area contributed by atoms with E-state index in [0.29, 0.717) is 0 Å². The molecule has 0 aromatic rings. The molecule has 0 atom stereocenters. The van der Waals surface area contributed by atoms with Gasteiger partial charge >= 0.3 is 0 Å². The third-order valence-corrected chi connectivity index (χ3v) is 1.97. The molecule has 0 amide bonds. The van der Waals surface area contributed by atoms with Crippen LogP contribution in [0.5, 0.6) is 0 Å². The maximum atomic E-state index is 3.67. The quantitative estimate of drug-likeness (QED) is 0.299. The third kappa shape index (κ3) is 5.96. The molecule has 0 N–H and O–H groups in total. The lowest BCUT2D eigenvalue weighted by atomic mass is 10.2. The van der Waals surface area contributed by atoms with Crippen LogP contribution in [0.25, 0.3) is 0 Å². The summed E-state index contributed by atoms with van der Waals surface area (Å²) in [5, 5.41) is 0. The molecule has 0 nitrogen and oxygen atoms in total. The number of allylic oxidation sites excluding steroid dienone is 1. The molecule has 0 spiro atoms. The molecule has 0 aromatic carbocycles. The van der Waals surface area contributed by atoms with Crippen LogP contribution in [-0.2, 0) is 0 Å². The van der Waals surface area contributed by atoms with Crippen molar-refractivity contribution in [2.24, 2.45) is 0 Å². The van der Waals surface area contributed by atoms with Gasteiger partial charge in [-0.2, -0.15) is 0 Å². The molecule has 0 heterocycles. The van der Waals surface area contributed by atoms with Crippen LogP contribution in [0.2, 0.25) is 6.04 Å². The Morgan fingerprint density at radius 3 is 2.50 bits per heavy atom. The molecule has 0 rings (SSSR count). The van der Waals surface area contributed by atoms with E-state index in [9.17, 15) is 0 Å².